The summed E-state index contributed by atoms with van der Waals surface area (Å²) in [5.74, 6) is 1.78. The fraction of sp³-hybridized carbons (Fsp3) is 0.571. The largest absolute Gasteiger partial charge is 0.342 e. The van der Waals surface area contributed by atoms with Crippen LogP contribution in [0.4, 0.5) is 0 Å². The minimum atomic E-state index is 0.842. The Hall–Kier alpha value is -0.980. The number of nitrogens with zero attached hydrogens (tertiary/aromatic N) is 1. The number of aromatic nitrogens is 1. The summed E-state index contributed by atoms with van der Waals surface area (Å²) in [4.78, 5) is 0. The molecule has 0 amide bonds. The van der Waals surface area contributed by atoms with Crippen molar-refractivity contribution in [1.29, 1.82) is 0 Å². The fourth-order valence-electron chi connectivity index (χ4n) is 2.56. The highest BCUT2D eigenvalue weighted by Gasteiger charge is 2.18. The van der Waals surface area contributed by atoms with Gasteiger partial charge in [0, 0.05) is 17.2 Å². The second-order valence-electron chi connectivity index (χ2n) is 5.05. The molecular formula is C14H21N. The zero-order valence-electron chi connectivity index (χ0n) is 9.71. The van der Waals surface area contributed by atoms with Gasteiger partial charge < -0.3 is 4.57 Å². The third-order valence-electron chi connectivity index (χ3n) is 3.74. The summed E-state index contributed by atoms with van der Waals surface area (Å²) >= 11 is 0. The lowest BCUT2D eigenvalue weighted by atomic mass is 9.83. The molecule has 2 rings (SSSR count). The lowest BCUT2D eigenvalue weighted by Crippen LogP contribution is -2.29. The summed E-state index contributed by atoms with van der Waals surface area (Å²) in [6.45, 7) is 11.6. The summed E-state index contributed by atoms with van der Waals surface area (Å²) in [7, 11) is 0. The fourth-order valence-corrected chi connectivity index (χ4v) is 2.56. The third-order valence-corrected chi connectivity index (χ3v) is 3.74. The first-order valence-electron chi connectivity index (χ1n) is 6.00. The van der Waals surface area contributed by atoms with Gasteiger partial charge in [0.25, 0.3) is 0 Å². The van der Waals surface area contributed by atoms with Crippen LogP contribution in [0.2, 0.25) is 0 Å². The van der Waals surface area contributed by atoms with Gasteiger partial charge in [-0.3, -0.25) is 0 Å². The Kier molecular flexibility index (Phi) is 2.99. The number of hydrogen-bond donors (Lipinski definition) is 0. The first-order chi connectivity index (χ1) is 7.16. The molecule has 1 heteroatoms. The Bertz CT molecular complexity index is 380. The maximum Gasteiger partial charge on any atom is 0.0338 e. The van der Waals surface area contributed by atoms with Crippen LogP contribution in [0.15, 0.2) is 12.1 Å². The molecule has 15 heavy (non-hydrogen) atoms. The van der Waals surface area contributed by atoms with Gasteiger partial charge in [-0.1, -0.05) is 32.9 Å². The van der Waals surface area contributed by atoms with Crippen molar-refractivity contribution in [2.75, 3.05) is 0 Å². The van der Waals surface area contributed by atoms with E-state index in [0.29, 0.717) is 0 Å². The standard InChI is InChI=1S/C14H21N/c1-11-4-8-14(9-5-11)10-15-12(2)6-7-13(15)3/h6-7,11,14H,2-5,8-10H2,1H3. The van der Waals surface area contributed by atoms with E-state index < -0.39 is 0 Å². The molecule has 0 aliphatic heterocycles. The molecule has 1 saturated carbocycles. The van der Waals surface area contributed by atoms with Crippen molar-refractivity contribution >= 4 is 13.2 Å². The maximum absolute atomic E-state index is 4.04. The van der Waals surface area contributed by atoms with Crippen LogP contribution < -0.4 is 10.7 Å². The molecular weight excluding hydrogens is 182 g/mol. The molecule has 1 heterocycles. The minimum Gasteiger partial charge on any atom is -0.342 e. The van der Waals surface area contributed by atoms with E-state index in [4.69, 9.17) is 0 Å². The van der Waals surface area contributed by atoms with Crippen molar-refractivity contribution in [2.24, 2.45) is 11.8 Å². The van der Waals surface area contributed by atoms with Crippen LogP contribution in [0, 0.1) is 11.8 Å². The van der Waals surface area contributed by atoms with E-state index in [0.717, 1.165) is 29.1 Å². The summed E-state index contributed by atoms with van der Waals surface area (Å²) in [6, 6.07) is 4.13. The summed E-state index contributed by atoms with van der Waals surface area (Å²) in [6.07, 6.45) is 5.53. The second kappa shape index (κ2) is 4.26. The molecule has 1 nitrogen and oxygen atoms in total. The number of hydrogen-bond acceptors (Lipinski definition) is 0. The van der Waals surface area contributed by atoms with E-state index in [1.165, 1.54) is 25.7 Å². The molecule has 0 radical (unpaired) electrons. The van der Waals surface area contributed by atoms with Gasteiger partial charge in [0.2, 0.25) is 0 Å². The Morgan fingerprint density at radius 2 is 1.67 bits per heavy atom. The molecule has 1 aromatic rings. The molecule has 0 unspecified atom stereocenters. The van der Waals surface area contributed by atoms with E-state index in [1.807, 2.05) is 0 Å². The van der Waals surface area contributed by atoms with Crippen molar-refractivity contribution < 1.29 is 0 Å². The lowest BCUT2D eigenvalue weighted by molar-refractivity contribution is 0.262. The molecule has 1 aliphatic carbocycles. The van der Waals surface area contributed by atoms with E-state index >= 15 is 0 Å². The van der Waals surface area contributed by atoms with Crippen LogP contribution >= 0.6 is 0 Å². The predicted molar refractivity (Wildman–Crippen MR) is 65.8 cm³/mol. The van der Waals surface area contributed by atoms with Crippen LogP contribution in [0.1, 0.15) is 32.6 Å². The first kappa shape index (κ1) is 10.5. The van der Waals surface area contributed by atoms with E-state index in [9.17, 15) is 0 Å². The zero-order valence-corrected chi connectivity index (χ0v) is 9.71. The quantitative estimate of drug-likeness (QED) is 0.694. The highest BCUT2D eigenvalue weighted by atomic mass is 15.0. The van der Waals surface area contributed by atoms with E-state index in [2.05, 4.69) is 36.8 Å². The van der Waals surface area contributed by atoms with E-state index in [1.54, 1.807) is 0 Å². The van der Waals surface area contributed by atoms with Crippen molar-refractivity contribution in [3.63, 3.8) is 0 Å². The SMILES string of the molecule is C=c1ccc(=C)n1CC1CCC(C)CC1. The topological polar surface area (TPSA) is 4.93 Å². The second-order valence-corrected chi connectivity index (χ2v) is 5.05. The van der Waals surface area contributed by atoms with Gasteiger partial charge in [0.05, 0.1) is 0 Å². The predicted octanol–water partition coefficient (Wildman–Crippen LogP) is 2.13. The number of rotatable bonds is 2. The van der Waals surface area contributed by atoms with Gasteiger partial charge >= 0.3 is 0 Å². The molecule has 0 N–H and O–H groups in total. The molecule has 1 fully saturated rings. The molecule has 82 valence electrons. The molecule has 0 aromatic carbocycles. The Morgan fingerprint density at radius 1 is 1.13 bits per heavy atom. The van der Waals surface area contributed by atoms with Crippen molar-refractivity contribution in [3.8, 4) is 0 Å². The van der Waals surface area contributed by atoms with Crippen LogP contribution in [-0.2, 0) is 6.54 Å². The van der Waals surface area contributed by atoms with Gasteiger partial charge in [0.15, 0.2) is 0 Å². The summed E-state index contributed by atoms with van der Waals surface area (Å²) in [5.41, 5.74) is 0. The lowest BCUT2D eigenvalue weighted by Gasteiger charge is -2.26. The van der Waals surface area contributed by atoms with Crippen LogP contribution in [0.3, 0.4) is 0 Å². The van der Waals surface area contributed by atoms with Gasteiger partial charge in [0.1, 0.15) is 0 Å². The average molecular weight is 203 g/mol. The molecule has 1 aromatic heterocycles. The Morgan fingerprint density at radius 3 is 2.20 bits per heavy atom. The molecule has 1 aliphatic rings. The molecule has 0 spiro atoms. The van der Waals surface area contributed by atoms with Crippen LogP contribution in [0.25, 0.3) is 13.2 Å². The summed E-state index contributed by atoms with van der Waals surface area (Å²) < 4.78 is 2.26. The first-order valence-corrected chi connectivity index (χ1v) is 6.00. The van der Waals surface area contributed by atoms with Gasteiger partial charge in [-0.25, -0.2) is 0 Å². The minimum absolute atomic E-state index is 0.842. The van der Waals surface area contributed by atoms with Gasteiger partial charge in [-0.15, -0.1) is 0 Å². The average Bonchev–Trinajstić information content (AvgIpc) is 2.53. The van der Waals surface area contributed by atoms with Crippen LogP contribution in [-0.4, -0.2) is 4.57 Å². The Balaban J connectivity index is 2.04. The highest BCUT2D eigenvalue weighted by molar-refractivity contribution is 5.08. The van der Waals surface area contributed by atoms with E-state index in [-0.39, 0.29) is 0 Å². The molecule has 0 saturated heterocycles. The zero-order chi connectivity index (χ0) is 10.8. The Labute approximate surface area is 92.1 Å². The monoisotopic (exact) mass is 203 g/mol. The smallest absolute Gasteiger partial charge is 0.0338 e. The highest BCUT2D eigenvalue weighted by Crippen LogP contribution is 2.28. The van der Waals surface area contributed by atoms with Gasteiger partial charge in [-0.05, 0) is 36.8 Å². The third kappa shape index (κ3) is 2.34. The molecule has 0 bridgehead atoms. The maximum atomic E-state index is 4.04. The van der Waals surface area contributed by atoms with Crippen LogP contribution in [0.5, 0.6) is 0 Å². The normalized spacial score (nSPS) is 26.7. The molecule has 0 atom stereocenters. The van der Waals surface area contributed by atoms with Gasteiger partial charge in [-0.2, -0.15) is 0 Å². The van der Waals surface area contributed by atoms with Crippen molar-refractivity contribution in [2.45, 2.75) is 39.2 Å². The van der Waals surface area contributed by atoms with Crippen molar-refractivity contribution in [1.82, 2.24) is 4.57 Å². The summed E-state index contributed by atoms with van der Waals surface area (Å²) in [5, 5.41) is 2.22. The van der Waals surface area contributed by atoms with Crippen molar-refractivity contribution in [3.05, 3.63) is 22.8 Å².